The van der Waals surface area contributed by atoms with Crippen LogP contribution in [0, 0.1) is 17.8 Å². The van der Waals surface area contributed by atoms with E-state index in [9.17, 15) is 0 Å². The van der Waals surface area contributed by atoms with E-state index >= 15 is 0 Å². The third-order valence-electron chi connectivity index (χ3n) is 5.61. The van der Waals surface area contributed by atoms with E-state index in [2.05, 4.69) is 80.3 Å². The van der Waals surface area contributed by atoms with Gasteiger partial charge in [-0.2, -0.15) is 0 Å². The first-order chi connectivity index (χ1) is 14.2. The lowest BCUT2D eigenvalue weighted by Gasteiger charge is -2.08. The molecule has 0 saturated heterocycles. The second-order valence-corrected chi connectivity index (χ2v) is 7.83. The quantitative estimate of drug-likeness (QED) is 0.202. The van der Waals surface area contributed by atoms with Crippen molar-refractivity contribution in [2.45, 2.75) is 13.8 Å². The molecule has 2 aromatic heterocycles. The standard InChI is InChI=1S/C27H18O2/c1-16(2)3-4-17-15-25-23-8-6-18-19(21(23)10-12-27(25)29-17)5-7-22-20(18)9-11-26-24(22)13-14-28-26/h5-16H,1-2H3. The van der Waals surface area contributed by atoms with Crippen molar-refractivity contribution in [1.82, 2.24) is 0 Å². The normalized spacial score (nSPS) is 11.8. The molecule has 0 N–H and O–H groups in total. The summed E-state index contributed by atoms with van der Waals surface area (Å²) in [5.41, 5.74) is 1.80. The third-order valence-corrected chi connectivity index (χ3v) is 5.61. The molecule has 0 aliphatic heterocycles. The molecular weight excluding hydrogens is 356 g/mol. The summed E-state index contributed by atoms with van der Waals surface area (Å²) in [6.45, 7) is 4.16. The van der Waals surface area contributed by atoms with Gasteiger partial charge in [-0.15, -0.1) is 0 Å². The minimum Gasteiger partial charge on any atom is -0.464 e. The first-order valence-electron chi connectivity index (χ1n) is 9.88. The molecule has 2 heteroatoms. The summed E-state index contributed by atoms with van der Waals surface area (Å²) >= 11 is 0. The van der Waals surface area contributed by atoms with Gasteiger partial charge in [0.05, 0.1) is 6.26 Å². The smallest absolute Gasteiger partial charge is 0.178 e. The summed E-state index contributed by atoms with van der Waals surface area (Å²) in [7, 11) is 0. The van der Waals surface area contributed by atoms with Crippen molar-refractivity contribution < 1.29 is 8.83 Å². The Kier molecular flexibility index (Phi) is 3.31. The topological polar surface area (TPSA) is 26.3 Å². The second-order valence-electron chi connectivity index (χ2n) is 7.83. The predicted octanol–water partition coefficient (Wildman–Crippen LogP) is 7.65. The first-order valence-corrected chi connectivity index (χ1v) is 9.88. The number of hydrogen-bond donors (Lipinski definition) is 0. The molecular formula is C27H18O2. The zero-order valence-corrected chi connectivity index (χ0v) is 16.2. The van der Waals surface area contributed by atoms with E-state index in [0.29, 0.717) is 5.92 Å². The van der Waals surface area contributed by atoms with Gasteiger partial charge in [0, 0.05) is 22.8 Å². The number of benzene rings is 4. The van der Waals surface area contributed by atoms with Gasteiger partial charge >= 0.3 is 0 Å². The fourth-order valence-corrected chi connectivity index (χ4v) is 4.29. The van der Waals surface area contributed by atoms with Gasteiger partial charge in [0.15, 0.2) is 5.76 Å². The maximum absolute atomic E-state index is 5.96. The summed E-state index contributed by atoms with van der Waals surface area (Å²) in [5.74, 6) is 7.37. The van der Waals surface area contributed by atoms with Crippen LogP contribution in [-0.4, -0.2) is 0 Å². The van der Waals surface area contributed by atoms with Crippen molar-refractivity contribution in [3.63, 3.8) is 0 Å². The maximum Gasteiger partial charge on any atom is 0.178 e. The van der Waals surface area contributed by atoms with Crippen LogP contribution >= 0.6 is 0 Å². The Bertz CT molecular complexity index is 1630. The Morgan fingerprint density at radius 3 is 1.83 bits per heavy atom. The summed E-state index contributed by atoms with van der Waals surface area (Å²) in [6.07, 6.45) is 1.75. The molecule has 0 bridgehead atoms. The molecule has 6 aromatic rings. The van der Waals surface area contributed by atoms with Crippen LogP contribution in [0.25, 0.3) is 54.3 Å². The SMILES string of the molecule is CC(C)C#Cc1cc2c(ccc3c2ccc2c4ccc5occc5c4ccc32)o1. The minimum absolute atomic E-state index is 0.318. The molecule has 4 aromatic carbocycles. The van der Waals surface area contributed by atoms with Crippen LogP contribution in [0.3, 0.4) is 0 Å². The molecule has 6 rings (SSSR count). The molecule has 29 heavy (non-hydrogen) atoms. The van der Waals surface area contributed by atoms with Crippen molar-refractivity contribution in [3.8, 4) is 11.8 Å². The van der Waals surface area contributed by atoms with E-state index in [4.69, 9.17) is 8.83 Å². The average Bonchev–Trinajstić information content (AvgIpc) is 3.38. The third kappa shape index (κ3) is 2.38. The molecule has 0 unspecified atom stereocenters. The largest absolute Gasteiger partial charge is 0.464 e. The molecule has 0 radical (unpaired) electrons. The molecule has 0 atom stereocenters. The zero-order valence-electron chi connectivity index (χ0n) is 16.2. The van der Waals surface area contributed by atoms with Crippen LogP contribution < -0.4 is 0 Å². The van der Waals surface area contributed by atoms with Crippen LogP contribution in [0.4, 0.5) is 0 Å². The van der Waals surface area contributed by atoms with E-state index in [1.165, 1.54) is 32.3 Å². The summed E-state index contributed by atoms with van der Waals surface area (Å²) in [4.78, 5) is 0. The minimum atomic E-state index is 0.318. The van der Waals surface area contributed by atoms with Crippen LogP contribution in [0.15, 0.2) is 75.8 Å². The highest BCUT2D eigenvalue weighted by Crippen LogP contribution is 2.37. The van der Waals surface area contributed by atoms with Gasteiger partial charge in [0.25, 0.3) is 0 Å². The van der Waals surface area contributed by atoms with Crippen LogP contribution in [-0.2, 0) is 0 Å². The number of hydrogen-bond acceptors (Lipinski definition) is 2. The fourth-order valence-electron chi connectivity index (χ4n) is 4.29. The molecule has 2 nitrogen and oxygen atoms in total. The molecule has 0 amide bonds. The van der Waals surface area contributed by atoms with Gasteiger partial charge in [0.1, 0.15) is 11.2 Å². The van der Waals surface area contributed by atoms with Gasteiger partial charge in [0.2, 0.25) is 0 Å². The van der Waals surface area contributed by atoms with Crippen molar-refractivity contribution in [2.24, 2.45) is 5.92 Å². The van der Waals surface area contributed by atoms with E-state index in [-0.39, 0.29) is 0 Å². The van der Waals surface area contributed by atoms with E-state index in [1.807, 2.05) is 6.07 Å². The predicted molar refractivity (Wildman–Crippen MR) is 120 cm³/mol. The fraction of sp³-hybridized carbons (Fsp3) is 0.111. The zero-order chi connectivity index (χ0) is 19.5. The van der Waals surface area contributed by atoms with Crippen molar-refractivity contribution in [2.75, 3.05) is 0 Å². The van der Waals surface area contributed by atoms with Gasteiger partial charge in [-0.25, -0.2) is 0 Å². The molecule has 0 saturated carbocycles. The van der Waals surface area contributed by atoms with Crippen LogP contribution in [0.2, 0.25) is 0 Å². The second kappa shape index (κ2) is 5.90. The van der Waals surface area contributed by atoms with Gasteiger partial charge in [-0.3, -0.25) is 0 Å². The number of rotatable bonds is 0. The highest BCUT2D eigenvalue weighted by molar-refractivity contribution is 6.24. The van der Waals surface area contributed by atoms with E-state index in [1.54, 1.807) is 6.26 Å². The van der Waals surface area contributed by atoms with Crippen molar-refractivity contribution in [1.29, 1.82) is 0 Å². The molecule has 2 heterocycles. The number of fused-ring (bicyclic) bond motifs is 9. The molecule has 0 spiro atoms. The molecule has 0 aliphatic carbocycles. The monoisotopic (exact) mass is 374 g/mol. The maximum atomic E-state index is 5.96. The highest BCUT2D eigenvalue weighted by atomic mass is 16.3. The Morgan fingerprint density at radius 2 is 1.17 bits per heavy atom. The van der Waals surface area contributed by atoms with Crippen molar-refractivity contribution >= 4 is 54.3 Å². The Balaban J connectivity index is 1.67. The van der Waals surface area contributed by atoms with Crippen molar-refractivity contribution in [3.05, 3.63) is 72.7 Å². The molecule has 0 fully saturated rings. The van der Waals surface area contributed by atoms with Gasteiger partial charge < -0.3 is 8.83 Å². The van der Waals surface area contributed by atoms with Crippen LogP contribution in [0.1, 0.15) is 19.6 Å². The molecule has 0 aliphatic rings. The summed E-state index contributed by atoms with van der Waals surface area (Å²) in [5, 5.41) is 9.66. The summed E-state index contributed by atoms with van der Waals surface area (Å²) in [6, 6.07) is 21.4. The van der Waals surface area contributed by atoms with E-state index < -0.39 is 0 Å². The Morgan fingerprint density at radius 1 is 0.621 bits per heavy atom. The Hall–Kier alpha value is -3.70. The lowest BCUT2D eigenvalue weighted by molar-refractivity contribution is 0.601. The number of furan rings is 2. The Labute approximate surface area is 167 Å². The lowest BCUT2D eigenvalue weighted by atomic mass is 9.95. The van der Waals surface area contributed by atoms with Gasteiger partial charge in [-0.1, -0.05) is 56.2 Å². The van der Waals surface area contributed by atoms with Gasteiger partial charge in [-0.05, 0) is 56.4 Å². The molecule has 138 valence electrons. The lowest BCUT2D eigenvalue weighted by Crippen LogP contribution is -1.82. The van der Waals surface area contributed by atoms with E-state index in [0.717, 1.165) is 27.7 Å². The van der Waals surface area contributed by atoms with Crippen LogP contribution in [0.5, 0.6) is 0 Å². The first kappa shape index (κ1) is 16.3. The highest BCUT2D eigenvalue weighted by Gasteiger charge is 2.11. The average molecular weight is 374 g/mol. The summed E-state index contributed by atoms with van der Waals surface area (Å²) < 4.78 is 11.5.